The Morgan fingerprint density at radius 1 is 1.45 bits per heavy atom. The van der Waals surface area contributed by atoms with Crippen molar-refractivity contribution in [3.05, 3.63) is 29.3 Å². The molecular formula is C12H14ClN5OS. The Bertz CT molecular complexity index is 586. The molecule has 0 bridgehead atoms. The van der Waals surface area contributed by atoms with Gasteiger partial charge in [0.05, 0.1) is 10.9 Å². The van der Waals surface area contributed by atoms with E-state index in [0.717, 1.165) is 5.69 Å². The minimum absolute atomic E-state index is 0.0387. The number of rotatable bonds is 5. The zero-order valence-corrected chi connectivity index (χ0v) is 12.6. The normalized spacial score (nSPS) is 12.2. The van der Waals surface area contributed by atoms with E-state index < -0.39 is 0 Å². The highest BCUT2D eigenvalue weighted by molar-refractivity contribution is 8.00. The van der Waals surface area contributed by atoms with Gasteiger partial charge in [-0.25, -0.2) is 0 Å². The predicted octanol–water partition coefficient (Wildman–Crippen LogP) is 1.93. The number of thioether (sulfide) groups is 1. The SMILES string of the molecule is CCNC(=O)[C@H](C)Sc1nnnn1-c1ccc(Cl)cc1. The molecule has 0 unspecified atom stereocenters. The molecule has 0 saturated carbocycles. The van der Waals surface area contributed by atoms with Crippen molar-refractivity contribution >= 4 is 29.3 Å². The van der Waals surface area contributed by atoms with Crippen molar-refractivity contribution in [2.24, 2.45) is 0 Å². The van der Waals surface area contributed by atoms with Crippen molar-refractivity contribution in [3.8, 4) is 5.69 Å². The molecule has 0 saturated heterocycles. The number of benzene rings is 1. The lowest BCUT2D eigenvalue weighted by Gasteiger charge is -2.10. The largest absolute Gasteiger partial charge is 0.355 e. The van der Waals surface area contributed by atoms with Crippen LogP contribution >= 0.6 is 23.4 Å². The van der Waals surface area contributed by atoms with E-state index >= 15 is 0 Å². The molecule has 106 valence electrons. The predicted molar refractivity (Wildman–Crippen MR) is 78.2 cm³/mol. The summed E-state index contributed by atoms with van der Waals surface area (Å²) in [5, 5.41) is 15.2. The first-order chi connectivity index (χ1) is 9.61. The molecule has 0 radical (unpaired) electrons. The molecular weight excluding hydrogens is 298 g/mol. The summed E-state index contributed by atoms with van der Waals surface area (Å²) >= 11 is 7.16. The number of halogens is 1. The number of nitrogens with one attached hydrogen (secondary N) is 1. The maximum absolute atomic E-state index is 11.7. The van der Waals surface area contributed by atoms with Crippen LogP contribution in [0.5, 0.6) is 0 Å². The zero-order valence-electron chi connectivity index (χ0n) is 11.1. The van der Waals surface area contributed by atoms with Crippen LogP contribution in [0.3, 0.4) is 0 Å². The average molecular weight is 312 g/mol. The fraction of sp³-hybridized carbons (Fsp3) is 0.333. The Morgan fingerprint density at radius 3 is 2.80 bits per heavy atom. The van der Waals surface area contributed by atoms with Gasteiger partial charge in [0, 0.05) is 11.6 Å². The number of aromatic nitrogens is 4. The summed E-state index contributed by atoms with van der Waals surface area (Å²) in [6.07, 6.45) is 0. The van der Waals surface area contributed by atoms with Crippen LogP contribution in [0.1, 0.15) is 13.8 Å². The summed E-state index contributed by atoms with van der Waals surface area (Å²) in [5.41, 5.74) is 0.796. The van der Waals surface area contributed by atoms with Crippen molar-refractivity contribution in [3.63, 3.8) is 0 Å². The fourth-order valence-corrected chi connectivity index (χ4v) is 2.48. The molecule has 0 spiro atoms. The topological polar surface area (TPSA) is 72.7 Å². The second-order valence-electron chi connectivity index (χ2n) is 4.00. The number of amides is 1. The number of hydrogen-bond acceptors (Lipinski definition) is 5. The minimum atomic E-state index is -0.271. The van der Waals surface area contributed by atoms with Crippen molar-refractivity contribution in [1.29, 1.82) is 0 Å². The smallest absolute Gasteiger partial charge is 0.233 e. The lowest BCUT2D eigenvalue weighted by Crippen LogP contribution is -2.30. The maximum atomic E-state index is 11.7. The second kappa shape index (κ2) is 6.71. The first kappa shape index (κ1) is 14.8. The summed E-state index contributed by atoms with van der Waals surface area (Å²) < 4.78 is 1.58. The van der Waals surface area contributed by atoms with E-state index in [-0.39, 0.29) is 11.2 Å². The highest BCUT2D eigenvalue weighted by atomic mass is 35.5. The van der Waals surface area contributed by atoms with Crippen molar-refractivity contribution < 1.29 is 4.79 Å². The van der Waals surface area contributed by atoms with E-state index in [9.17, 15) is 4.79 Å². The maximum Gasteiger partial charge on any atom is 0.233 e. The van der Waals surface area contributed by atoms with Crippen LogP contribution in [0.2, 0.25) is 5.02 Å². The third kappa shape index (κ3) is 3.49. The Morgan fingerprint density at radius 2 is 2.15 bits per heavy atom. The van der Waals surface area contributed by atoms with E-state index in [1.807, 2.05) is 26.0 Å². The molecule has 20 heavy (non-hydrogen) atoms. The summed E-state index contributed by atoms with van der Waals surface area (Å²) in [7, 11) is 0. The standard InChI is InChI=1S/C12H14ClN5OS/c1-3-14-11(19)8(2)20-12-15-16-17-18(12)10-6-4-9(13)5-7-10/h4-8H,3H2,1-2H3,(H,14,19)/t8-/m0/s1. The first-order valence-electron chi connectivity index (χ1n) is 6.10. The van der Waals surface area contributed by atoms with Crippen LogP contribution in [0.4, 0.5) is 0 Å². The minimum Gasteiger partial charge on any atom is -0.355 e. The van der Waals surface area contributed by atoms with Gasteiger partial charge in [0.25, 0.3) is 0 Å². The van der Waals surface area contributed by atoms with E-state index in [1.165, 1.54) is 11.8 Å². The molecule has 1 aromatic heterocycles. The van der Waals surface area contributed by atoms with Gasteiger partial charge in [-0.3, -0.25) is 4.79 Å². The molecule has 1 N–H and O–H groups in total. The molecule has 0 aliphatic rings. The number of carbonyl (C=O) groups is 1. The third-order valence-electron chi connectivity index (χ3n) is 2.51. The van der Waals surface area contributed by atoms with Gasteiger partial charge in [-0.2, -0.15) is 4.68 Å². The molecule has 0 aliphatic heterocycles. The Balaban J connectivity index is 2.16. The molecule has 1 atom stereocenters. The fourth-order valence-electron chi connectivity index (χ4n) is 1.53. The summed E-state index contributed by atoms with van der Waals surface area (Å²) in [4.78, 5) is 11.7. The Kier molecular flexibility index (Phi) is 4.97. The molecule has 8 heteroatoms. The van der Waals surface area contributed by atoms with Crippen LogP contribution in [-0.2, 0) is 4.79 Å². The van der Waals surface area contributed by atoms with Gasteiger partial charge in [-0.05, 0) is 48.5 Å². The molecule has 0 aliphatic carbocycles. The number of hydrogen-bond donors (Lipinski definition) is 1. The summed E-state index contributed by atoms with van der Waals surface area (Å²) in [6.45, 7) is 4.30. The number of carbonyl (C=O) groups excluding carboxylic acids is 1. The number of nitrogens with zero attached hydrogens (tertiary/aromatic N) is 4. The molecule has 2 rings (SSSR count). The van der Waals surface area contributed by atoms with Gasteiger partial charge in [-0.1, -0.05) is 23.4 Å². The van der Waals surface area contributed by atoms with Gasteiger partial charge < -0.3 is 5.32 Å². The lowest BCUT2D eigenvalue weighted by molar-refractivity contribution is -0.120. The van der Waals surface area contributed by atoms with Crippen molar-refractivity contribution in [2.75, 3.05) is 6.54 Å². The summed E-state index contributed by atoms with van der Waals surface area (Å²) in [6, 6.07) is 7.17. The molecule has 6 nitrogen and oxygen atoms in total. The second-order valence-corrected chi connectivity index (χ2v) is 5.75. The zero-order chi connectivity index (χ0) is 14.5. The van der Waals surface area contributed by atoms with E-state index in [4.69, 9.17) is 11.6 Å². The molecule has 1 aromatic carbocycles. The van der Waals surface area contributed by atoms with Gasteiger partial charge in [0.15, 0.2) is 0 Å². The van der Waals surface area contributed by atoms with Crippen LogP contribution < -0.4 is 5.32 Å². The van der Waals surface area contributed by atoms with Crippen LogP contribution in [0, 0.1) is 0 Å². The monoisotopic (exact) mass is 311 g/mol. The van der Waals surface area contributed by atoms with Crippen LogP contribution in [0.25, 0.3) is 5.69 Å². The van der Waals surface area contributed by atoms with E-state index in [1.54, 1.807) is 16.8 Å². The molecule has 1 heterocycles. The quantitative estimate of drug-likeness (QED) is 0.854. The molecule has 1 amide bonds. The van der Waals surface area contributed by atoms with Crippen LogP contribution in [-0.4, -0.2) is 37.9 Å². The van der Waals surface area contributed by atoms with E-state index in [0.29, 0.717) is 16.7 Å². The van der Waals surface area contributed by atoms with Gasteiger partial charge in [0.2, 0.25) is 11.1 Å². The Hall–Kier alpha value is -1.60. The van der Waals surface area contributed by atoms with Crippen molar-refractivity contribution in [2.45, 2.75) is 24.3 Å². The van der Waals surface area contributed by atoms with Gasteiger partial charge >= 0.3 is 0 Å². The third-order valence-corrected chi connectivity index (χ3v) is 3.80. The molecule has 0 fully saturated rings. The number of tetrazole rings is 1. The van der Waals surface area contributed by atoms with Crippen LogP contribution in [0.15, 0.2) is 29.4 Å². The average Bonchev–Trinajstić information content (AvgIpc) is 2.88. The lowest BCUT2D eigenvalue weighted by atomic mass is 10.3. The summed E-state index contributed by atoms with van der Waals surface area (Å²) in [5.74, 6) is -0.0387. The van der Waals surface area contributed by atoms with Crippen molar-refractivity contribution in [1.82, 2.24) is 25.5 Å². The van der Waals surface area contributed by atoms with Gasteiger partial charge in [-0.15, -0.1) is 5.10 Å². The first-order valence-corrected chi connectivity index (χ1v) is 7.36. The van der Waals surface area contributed by atoms with E-state index in [2.05, 4.69) is 20.8 Å². The van der Waals surface area contributed by atoms with Gasteiger partial charge in [0.1, 0.15) is 0 Å². The molecule has 2 aromatic rings. The Labute approximate surface area is 125 Å². The highest BCUT2D eigenvalue weighted by Gasteiger charge is 2.18. The highest BCUT2D eigenvalue weighted by Crippen LogP contribution is 2.23.